The molecular weight excluding hydrogens is 645 g/mol. The zero-order valence-electron chi connectivity index (χ0n) is 25.3. The van der Waals surface area contributed by atoms with Crippen LogP contribution in [-0.2, 0) is 17.8 Å². The van der Waals surface area contributed by atoms with Gasteiger partial charge in [-0.05, 0) is 42.3 Å². The predicted molar refractivity (Wildman–Crippen MR) is 174 cm³/mol. The Morgan fingerprint density at radius 3 is 2.27 bits per heavy atom. The predicted octanol–water partition coefficient (Wildman–Crippen LogP) is 0.910. The van der Waals surface area contributed by atoms with Gasteiger partial charge in [-0.25, -0.2) is 19.0 Å². The number of aromatic carboxylic acids is 1. The Balaban J connectivity index is 0.000000392. The van der Waals surface area contributed by atoms with Crippen LogP contribution in [0.4, 0.5) is 15.8 Å². The quantitative estimate of drug-likeness (QED) is 0.0885. The minimum absolute atomic E-state index is 0. The molecule has 1 atom stereocenters. The standard InChI is InChI=1S/C20H15FN8O6.C10H13NO2.CH4/c21-9-2-1-7(3-8(9)6-24-13-12(22)14(30)15(13)31)5-25-18(33)10-4-11(19(34)35)29-20(26-10)27-17(28-29)16(23)32;1-7(11)8-3-5-9(6-4-8)10(12)13-2;/h1-4,24H,5-6,22H2,(H2,23,32)(H,25,33)(H,34,35);3-7H,11H2,1-2H3;1H4/t;7-;/m.1./s1. The number of aromatic nitrogens is 4. The molecule has 0 aliphatic heterocycles. The number of carbonyl (C=O) groups is 4. The molecule has 0 radical (unpaired) electrons. The number of esters is 1. The number of halogens is 1. The van der Waals surface area contributed by atoms with Crippen molar-refractivity contribution in [1.29, 1.82) is 0 Å². The van der Waals surface area contributed by atoms with E-state index in [0.29, 0.717) is 11.1 Å². The fourth-order valence-corrected chi connectivity index (χ4v) is 4.20. The van der Waals surface area contributed by atoms with E-state index in [-0.39, 0.29) is 60.9 Å². The Bertz CT molecular complexity index is 2120. The number of hydrogen-bond acceptors (Lipinski definition) is 13. The minimum atomic E-state index is -1.45. The van der Waals surface area contributed by atoms with E-state index < -0.39 is 46.0 Å². The highest BCUT2D eigenvalue weighted by Gasteiger charge is 2.21. The summed E-state index contributed by atoms with van der Waals surface area (Å²) in [6.45, 7) is 1.66. The van der Waals surface area contributed by atoms with Gasteiger partial charge < -0.3 is 37.7 Å². The van der Waals surface area contributed by atoms with Crippen LogP contribution in [0.1, 0.15) is 79.0 Å². The van der Waals surface area contributed by atoms with Crippen LogP contribution in [0.25, 0.3) is 5.78 Å². The first-order chi connectivity index (χ1) is 22.7. The van der Waals surface area contributed by atoms with Crippen molar-refractivity contribution in [3.63, 3.8) is 0 Å². The lowest BCUT2D eigenvalue weighted by Crippen LogP contribution is -2.37. The van der Waals surface area contributed by atoms with Gasteiger partial charge in [0.1, 0.15) is 22.9 Å². The maximum Gasteiger partial charge on any atom is 0.354 e. The van der Waals surface area contributed by atoms with Crippen LogP contribution in [-0.4, -0.2) is 55.6 Å². The summed E-state index contributed by atoms with van der Waals surface area (Å²) in [5.41, 5.74) is 15.7. The number of amides is 2. The summed E-state index contributed by atoms with van der Waals surface area (Å²) < 4.78 is 19.5. The van der Waals surface area contributed by atoms with E-state index in [1.165, 1.54) is 19.2 Å². The van der Waals surface area contributed by atoms with Crippen molar-refractivity contribution in [2.45, 2.75) is 33.5 Å². The average Bonchev–Trinajstić information content (AvgIpc) is 3.52. The molecule has 0 bridgehead atoms. The minimum Gasteiger partial charge on any atom is -0.477 e. The molecule has 0 saturated heterocycles. The molecule has 18 heteroatoms. The Morgan fingerprint density at radius 1 is 1.02 bits per heavy atom. The van der Waals surface area contributed by atoms with E-state index in [0.717, 1.165) is 22.2 Å². The number of carbonyl (C=O) groups excluding carboxylic acids is 3. The molecule has 3 aromatic carbocycles. The topological polar surface area (TPSA) is 277 Å². The van der Waals surface area contributed by atoms with Crippen molar-refractivity contribution in [2.24, 2.45) is 11.5 Å². The molecule has 0 aliphatic rings. The summed E-state index contributed by atoms with van der Waals surface area (Å²) in [5, 5.41) is 18.2. The van der Waals surface area contributed by atoms with Gasteiger partial charge in [-0.1, -0.05) is 25.6 Å². The summed E-state index contributed by atoms with van der Waals surface area (Å²) >= 11 is 0. The van der Waals surface area contributed by atoms with E-state index in [1.54, 1.807) is 12.1 Å². The number of nitrogen functional groups attached to an aromatic ring is 1. The Hall–Kier alpha value is -6.56. The third-order valence-electron chi connectivity index (χ3n) is 6.81. The summed E-state index contributed by atoms with van der Waals surface area (Å²) in [6, 6.07) is 12.0. The van der Waals surface area contributed by atoms with Crippen LogP contribution in [0.5, 0.6) is 0 Å². The fourth-order valence-electron chi connectivity index (χ4n) is 4.20. The van der Waals surface area contributed by atoms with Crippen LogP contribution >= 0.6 is 0 Å². The average molecular weight is 678 g/mol. The zero-order valence-corrected chi connectivity index (χ0v) is 25.3. The highest BCUT2D eigenvalue weighted by molar-refractivity contribution is 5.96. The number of rotatable bonds is 10. The van der Waals surface area contributed by atoms with Gasteiger partial charge in [0.2, 0.25) is 5.82 Å². The summed E-state index contributed by atoms with van der Waals surface area (Å²) in [6.07, 6.45) is 0. The van der Waals surface area contributed by atoms with Crippen molar-refractivity contribution in [1.82, 2.24) is 24.9 Å². The molecule has 49 heavy (non-hydrogen) atoms. The third kappa shape index (κ3) is 8.24. The summed E-state index contributed by atoms with van der Waals surface area (Å²) in [5.74, 6) is -4.96. The van der Waals surface area contributed by atoms with Gasteiger partial charge in [0, 0.05) is 30.8 Å². The normalized spacial score (nSPS) is 11.1. The number of carboxylic acids is 1. The maximum absolute atomic E-state index is 14.2. The Morgan fingerprint density at radius 2 is 1.69 bits per heavy atom. The van der Waals surface area contributed by atoms with Gasteiger partial charge in [-0.15, -0.1) is 5.10 Å². The number of nitrogens with zero attached hydrogens (tertiary/aromatic N) is 4. The number of methoxy groups -OCH3 is 1. The van der Waals surface area contributed by atoms with Gasteiger partial charge in [-0.2, -0.15) is 9.50 Å². The second-order valence-corrected chi connectivity index (χ2v) is 10.2. The monoisotopic (exact) mass is 677 g/mol. The number of anilines is 2. The lowest BCUT2D eigenvalue weighted by atomic mass is 10.1. The number of hydrogen-bond donors (Lipinski definition) is 6. The van der Waals surface area contributed by atoms with Crippen molar-refractivity contribution in [2.75, 3.05) is 18.2 Å². The zero-order chi connectivity index (χ0) is 35.3. The molecule has 0 unspecified atom stereocenters. The van der Waals surface area contributed by atoms with Crippen LogP contribution in [0.2, 0.25) is 0 Å². The maximum atomic E-state index is 14.2. The second kappa shape index (κ2) is 15.4. The van der Waals surface area contributed by atoms with Gasteiger partial charge >= 0.3 is 11.9 Å². The number of primary amides is 1. The molecule has 0 fully saturated rings. The largest absolute Gasteiger partial charge is 0.477 e. The van der Waals surface area contributed by atoms with Gasteiger partial charge in [0.25, 0.3) is 28.4 Å². The molecule has 0 aliphatic carbocycles. The molecule has 2 heterocycles. The van der Waals surface area contributed by atoms with E-state index in [1.807, 2.05) is 19.1 Å². The van der Waals surface area contributed by atoms with Crippen LogP contribution in [0.15, 0.2) is 58.1 Å². The molecule has 256 valence electrons. The number of carboxylic acid groups (broad SMARTS) is 1. The molecule has 0 saturated carbocycles. The van der Waals surface area contributed by atoms with Crippen LogP contribution in [0, 0.1) is 5.82 Å². The van der Waals surface area contributed by atoms with Crippen LogP contribution in [0.3, 0.4) is 0 Å². The van der Waals surface area contributed by atoms with Crippen molar-refractivity contribution in [3.8, 4) is 0 Å². The second-order valence-electron chi connectivity index (χ2n) is 10.2. The number of nitrogens with two attached hydrogens (primary N) is 3. The lowest BCUT2D eigenvalue weighted by molar-refractivity contribution is 0.0599. The van der Waals surface area contributed by atoms with E-state index >= 15 is 0 Å². The molecule has 9 N–H and O–H groups in total. The first-order valence-electron chi connectivity index (χ1n) is 13.8. The van der Waals surface area contributed by atoms with Crippen molar-refractivity contribution < 1.29 is 33.4 Å². The number of benzene rings is 2. The third-order valence-corrected chi connectivity index (χ3v) is 6.81. The Labute approximate surface area is 276 Å². The molecule has 17 nitrogen and oxygen atoms in total. The van der Waals surface area contributed by atoms with Crippen LogP contribution < -0.4 is 38.7 Å². The van der Waals surface area contributed by atoms with Crippen molar-refractivity contribution in [3.05, 3.63) is 114 Å². The summed E-state index contributed by atoms with van der Waals surface area (Å²) in [4.78, 5) is 76.8. The molecule has 2 aromatic heterocycles. The lowest BCUT2D eigenvalue weighted by Gasteiger charge is -2.12. The molecule has 5 rings (SSSR count). The molecule has 5 aromatic rings. The highest BCUT2D eigenvalue weighted by atomic mass is 19.1. The molecular formula is C31H32FN9O8. The number of ether oxygens (including phenoxy) is 1. The number of nitrogens with one attached hydrogen (secondary N) is 2. The van der Waals surface area contributed by atoms with E-state index in [4.69, 9.17) is 17.2 Å². The smallest absolute Gasteiger partial charge is 0.354 e. The van der Waals surface area contributed by atoms with Gasteiger partial charge in [-0.3, -0.25) is 19.2 Å². The Kier molecular flexibility index (Phi) is 11.6. The summed E-state index contributed by atoms with van der Waals surface area (Å²) in [7, 11) is 1.36. The van der Waals surface area contributed by atoms with Gasteiger partial charge in [0.05, 0.1) is 12.7 Å². The fraction of sp³-hybridized carbons (Fsp3) is 0.194. The molecule has 0 spiro atoms. The number of fused-ring (bicyclic) bond motifs is 1. The highest BCUT2D eigenvalue weighted by Crippen LogP contribution is 2.16. The molecule has 2 amide bonds. The first kappa shape index (κ1) is 36.9. The SMILES string of the molecule is C.COC(=O)c1ccc([C@@H](C)N)cc1.NC(=O)c1nc2nc(C(=O)NCc3ccc(F)c(CNc4c(N)c(=O)c4=O)c3)cc(C(=O)O)n2n1. The van der Waals surface area contributed by atoms with E-state index in [9.17, 15) is 38.3 Å². The first-order valence-corrected chi connectivity index (χ1v) is 13.8. The van der Waals surface area contributed by atoms with Crippen molar-refractivity contribution >= 4 is 40.9 Å². The van der Waals surface area contributed by atoms with Gasteiger partial charge in [0.15, 0.2) is 5.69 Å². The van der Waals surface area contributed by atoms with E-state index in [2.05, 4.69) is 30.4 Å².